The Morgan fingerprint density at radius 1 is 1.07 bits per heavy atom. The van der Waals surface area contributed by atoms with Gasteiger partial charge in [0.05, 0.1) is 5.69 Å². The number of carbonyl (C=O) groups is 3. The van der Waals surface area contributed by atoms with Crippen molar-refractivity contribution in [3.63, 3.8) is 0 Å². The van der Waals surface area contributed by atoms with Crippen LogP contribution in [-0.4, -0.2) is 30.9 Å². The van der Waals surface area contributed by atoms with Crippen LogP contribution in [0.4, 0.5) is 17.1 Å². The van der Waals surface area contributed by atoms with Crippen molar-refractivity contribution in [3.05, 3.63) is 48.5 Å². The highest BCUT2D eigenvalue weighted by Gasteiger charge is 2.21. The topological polar surface area (TPSA) is 87.7 Å². The fraction of sp³-hybridized carbons (Fsp3) is 0.250. The number of rotatable bonds is 6. The zero-order valence-corrected chi connectivity index (χ0v) is 15.0. The van der Waals surface area contributed by atoms with E-state index in [1.165, 1.54) is 6.92 Å². The summed E-state index contributed by atoms with van der Waals surface area (Å²) in [6.45, 7) is 1.94. The summed E-state index contributed by atoms with van der Waals surface area (Å²) >= 11 is 0. The van der Waals surface area contributed by atoms with Gasteiger partial charge in [-0.1, -0.05) is 12.1 Å². The lowest BCUT2D eigenvalue weighted by molar-refractivity contribution is -0.118. The number of benzene rings is 2. The van der Waals surface area contributed by atoms with Gasteiger partial charge in [-0.15, -0.1) is 0 Å². The first-order valence-corrected chi connectivity index (χ1v) is 8.72. The van der Waals surface area contributed by atoms with E-state index in [0.29, 0.717) is 23.5 Å². The maximum Gasteiger partial charge on any atom is 0.262 e. The molecule has 1 aliphatic rings. The number of para-hydroxylation sites is 2. The Kier molecular flexibility index (Phi) is 5.71. The lowest BCUT2D eigenvalue weighted by Crippen LogP contribution is -2.23. The normalized spacial score (nSPS) is 13.4. The highest BCUT2D eigenvalue weighted by molar-refractivity contribution is 5.96. The van der Waals surface area contributed by atoms with Crippen molar-refractivity contribution in [1.82, 2.24) is 0 Å². The van der Waals surface area contributed by atoms with E-state index in [1.807, 2.05) is 12.1 Å². The Labute approximate surface area is 157 Å². The van der Waals surface area contributed by atoms with Gasteiger partial charge in [-0.05, 0) is 42.8 Å². The molecule has 0 aromatic heterocycles. The van der Waals surface area contributed by atoms with Crippen LogP contribution >= 0.6 is 0 Å². The monoisotopic (exact) mass is 367 g/mol. The van der Waals surface area contributed by atoms with Crippen molar-refractivity contribution in [3.8, 4) is 5.75 Å². The molecule has 7 nitrogen and oxygen atoms in total. The van der Waals surface area contributed by atoms with E-state index >= 15 is 0 Å². The molecule has 0 atom stereocenters. The standard InChI is InChI=1S/C20H21N3O4/c1-14(24)21-17-5-2-3-6-18(17)27-13-19(25)22-15-8-10-16(11-9-15)23-12-4-7-20(23)26/h2-3,5-6,8-11H,4,7,12-13H2,1H3,(H,21,24)(H,22,25). The SMILES string of the molecule is CC(=O)Nc1ccccc1OCC(=O)Nc1ccc(N2CCCC2=O)cc1. The first-order chi connectivity index (χ1) is 13.0. The average Bonchev–Trinajstić information content (AvgIpc) is 3.07. The van der Waals surface area contributed by atoms with Gasteiger partial charge < -0.3 is 20.3 Å². The summed E-state index contributed by atoms with van der Waals surface area (Å²) in [7, 11) is 0. The Morgan fingerprint density at radius 2 is 1.81 bits per heavy atom. The van der Waals surface area contributed by atoms with Crippen molar-refractivity contribution < 1.29 is 19.1 Å². The van der Waals surface area contributed by atoms with Crippen LogP contribution in [0.1, 0.15) is 19.8 Å². The van der Waals surface area contributed by atoms with E-state index in [-0.39, 0.29) is 24.3 Å². The number of nitrogens with zero attached hydrogens (tertiary/aromatic N) is 1. The summed E-state index contributed by atoms with van der Waals surface area (Å²) in [6, 6.07) is 14.0. The molecular formula is C20H21N3O4. The molecule has 27 heavy (non-hydrogen) atoms. The molecule has 3 rings (SSSR count). The van der Waals surface area contributed by atoms with Crippen LogP contribution in [0, 0.1) is 0 Å². The molecule has 1 aliphatic heterocycles. The molecule has 0 spiro atoms. The summed E-state index contributed by atoms with van der Waals surface area (Å²) in [4.78, 5) is 36.9. The molecule has 2 N–H and O–H groups in total. The van der Waals surface area contributed by atoms with Gasteiger partial charge in [0.25, 0.3) is 5.91 Å². The van der Waals surface area contributed by atoms with E-state index in [1.54, 1.807) is 41.3 Å². The number of amides is 3. The predicted octanol–water partition coefficient (Wildman–Crippen LogP) is 2.79. The van der Waals surface area contributed by atoms with Crippen LogP contribution in [0.2, 0.25) is 0 Å². The summed E-state index contributed by atoms with van der Waals surface area (Å²) in [5, 5.41) is 5.40. The van der Waals surface area contributed by atoms with E-state index in [4.69, 9.17) is 4.74 Å². The van der Waals surface area contributed by atoms with E-state index in [0.717, 1.165) is 18.7 Å². The van der Waals surface area contributed by atoms with Crippen molar-refractivity contribution in [1.29, 1.82) is 0 Å². The maximum absolute atomic E-state index is 12.1. The second-order valence-electron chi connectivity index (χ2n) is 6.21. The number of carbonyl (C=O) groups excluding carboxylic acids is 3. The number of nitrogens with one attached hydrogen (secondary N) is 2. The first kappa shape index (κ1) is 18.4. The summed E-state index contributed by atoms with van der Waals surface area (Å²) in [6.07, 6.45) is 1.45. The van der Waals surface area contributed by atoms with Crippen molar-refractivity contribution >= 4 is 34.8 Å². The smallest absolute Gasteiger partial charge is 0.262 e. The number of anilines is 3. The van der Waals surface area contributed by atoms with Gasteiger partial charge in [0.15, 0.2) is 6.61 Å². The highest BCUT2D eigenvalue weighted by Crippen LogP contribution is 2.24. The van der Waals surface area contributed by atoms with Crippen LogP contribution in [0.5, 0.6) is 5.75 Å². The van der Waals surface area contributed by atoms with Crippen LogP contribution in [0.3, 0.4) is 0 Å². The quantitative estimate of drug-likeness (QED) is 0.822. The summed E-state index contributed by atoms with van der Waals surface area (Å²) < 4.78 is 5.51. The van der Waals surface area contributed by atoms with Gasteiger partial charge in [-0.3, -0.25) is 14.4 Å². The van der Waals surface area contributed by atoms with Crippen LogP contribution < -0.4 is 20.3 Å². The number of hydrogen-bond acceptors (Lipinski definition) is 4. The zero-order chi connectivity index (χ0) is 19.2. The first-order valence-electron chi connectivity index (χ1n) is 8.72. The Balaban J connectivity index is 1.55. The molecule has 0 radical (unpaired) electrons. The minimum Gasteiger partial charge on any atom is -0.482 e. The molecule has 1 heterocycles. The molecule has 7 heteroatoms. The minimum atomic E-state index is -0.322. The molecule has 2 aromatic carbocycles. The number of ether oxygens (including phenoxy) is 1. The molecule has 1 saturated heterocycles. The second kappa shape index (κ2) is 8.35. The molecule has 0 aliphatic carbocycles. The molecule has 140 valence electrons. The molecule has 0 saturated carbocycles. The van der Waals surface area contributed by atoms with E-state index in [9.17, 15) is 14.4 Å². The largest absolute Gasteiger partial charge is 0.482 e. The zero-order valence-electron chi connectivity index (χ0n) is 15.0. The Morgan fingerprint density at radius 3 is 2.48 bits per heavy atom. The third-order valence-electron chi connectivity index (χ3n) is 4.09. The van der Waals surface area contributed by atoms with Gasteiger partial charge >= 0.3 is 0 Å². The lowest BCUT2D eigenvalue weighted by atomic mass is 10.2. The third-order valence-corrected chi connectivity index (χ3v) is 4.09. The summed E-state index contributed by atoms with van der Waals surface area (Å²) in [5.41, 5.74) is 1.96. The number of hydrogen-bond donors (Lipinski definition) is 2. The average molecular weight is 367 g/mol. The van der Waals surface area contributed by atoms with E-state index < -0.39 is 0 Å². The van der Waals surface area contributed by atoms with E-state index in [2.05, 4.69) is 10.6 Å². The lowest BCUT2D eigenvalue weighted by Gasteiger charge is -2.16. The van der Waals surface area contributed by atoms with Crippen LogP contribution in [-0.2, 0) is 14.4 Å². The molecule has 1 fully saturated rings. The van der Waals surface area contributed by atoms with Gasteiger partial charge in [-0.2, -0.15) is 0 Å². The molecule has 0 unspecified atom stereocenters. The van der Waals surface area contributed by atoms with Crippen LogP contribution in [0.15, 0.2) is 48.5 Å². The third kappa shape index (κ3) is 4.84. The van der Waals surface area contributed by atoms with Crippen LogP contribution in [0.25, 0.3) is 0 Å². The fourth-order valence-corrected chi connectivity index (χ4v) is 2.87. The van der Waals surface area contributed by atoms with Crippen molar-refractivity contribution in [2.24, 2.45) is 0 Å². The maximum atomic E-state index is 12.1. The molecule has 3 amide bonds. The molecule has 2 aromatic rings. The van der Waals surface area contributed by atoms with Gasteiger partial charge in [0, 0.05) is 31.3 Å². The predicted molar refractivity (Wildman–Crippen MR) is 103 cm³/mol. The van der Waals surface area contributed by atoms with Gasteiger partial charge in [0.1, 0.15) is 5.75 Å². The Hall–Kier alpha value is -3.35. The molecular weight excluding hydrogens is 346 g/mol. The fourth-order valence-electron chi connectivity index (χ4n) is 2.87. The Bertz CT molecular complexity index is 849. The minimum absolute atomic E-state index is 0.123. The van der Waals surface area contributed by atoms with Gasteiger partial charge in [0.2, 0.25) is 11.8 Å². The van der Waals surface area contributed by atoms with Gasteiger partial charge in [-0.25, -0.2) is 0 Å². The summed E-state index contributed by atoms with van der Waals surface area (Å²) in [5.74, 6) is 0.00784. The molecule has 0 bridgehead atoms. The van der Waals surface area contributed by atoms with Crippen molar-refractivity contribution in [2.75, 3.05) is 28.7 Å². The highest BCUT2D eigenvalue weighted by atomic mass is 16.5. The van der Waals surface area contributed by atoms with Crippen molar-refractivity contribution in [2.45, 2.75) is 19.8 Å². The second-order valence-corrected chi connectivity index (χ2v) is 6.21.